The Kier molecular flexibility index (Phi) is 9.85. The molecular formula is C7H17BO5. The molecule has 0 atom stereocenters. The van der Waals surface area contributed by atoms with Crippen LogP contribution in [-0.2, 0) is 14.1 Å². The lowest BCUT2D eigenvalue weighted by molar-refractivity contribution is 0.0300. The zero-order valence-corrected chi connectivity index (χ0v) is 7.94. The van der Waals surface area contributed by atoms with Gasteiger partial charge in [0.05, 0.1) is 26.4 Å². The third kappa shape index (κ3) is 11.9. The molecule has 0 aliphatic heterocycles. The lowest BCUT2D eigenvalue weighted by Crippen LogP contribution is -2.20. The van der Waals surface area contributed by atoms with Crippen LogP contribution < -0.4 is 0 Å². The fourth-order valence-electron chi connectivity index (χ4n) is 0.679. The predicted molar refractivity (Wildman–Crippen MR) is 48.1 cm³/mol. The second-order valence-electron chi connectivity index (χ2n) is 2.42. The molecule has 6 heteroatoms. The van der Waals surface area contributed by atoms with Gasteiger partial charge in [-0.2, -0.15) is 0 Å². The van der Waals surface area contributed by atoms with E-state index in [1.165, 1.54) is 0 Å². The van der Waals surface area contributed by atoms with E-state index < -0.39 is 7.32 Å². The lowest BCUT2D eigenvalue weighted by Gasteiger charge is -2.05. The number of hydrogen-bond acceptors (Lipinski definition) is 5. The first-order valence-corrected chi connectivity index (χ1v) is 4.40. The van der Waals surface area contributed by atoms with Gasteiger partial charge >= 0.3 is 7.32 Å². The fraction of sp³-hybridized carbons (Fsp3) is 1.00. The SMILES string of the molecule is CCCOCCOCCOB(O)O. The molecule has 0 amide bonds. The zero-order valence-electron chi connectivity index (χ0n) is 7.94. The number of ether oxygens (including phenoxy) is 2. The normalized spacial score (nSPS) is 10.4. The van der Waals surface area contributed by atoms with Crippen molar-refractivity contribution in [2.24, 2.45) is 0 Å². The summed E-state index contributed by atoms with van der Waals surface area (Å²) in [5.74, 6) is 0. The van der Waals surface area contributed by atoms with Crippen LogP contribution in [0, 0.1) is 0 Å². The minimum Gasteiger partial charge on any atom is -0.402 e. The summed E-state index contributed by atoms with van der Waals surface area (Å²) in [6, 6.07) is 0. The first kappa shape index (κ1) is 12.9. The summed E-state index contributed by atoms with van der Waals surface area (Å²) in [5, 5.41) is 16.6. The van der Waals surface area contributed by atoms with E-state index >= 15 is 0 Å². The number of hydrogen-bond donors (Lipinski definition) is 2. The molecule has 13 heavy (non-hydrogen) atoms. The molecule has 0 aliphatic carbocycles. The second kappa shape index (κ2) is 9.95. The summed E-state index contributed by atoms with van der Waals surface area (Å²) in [4.78, 5) is 0. The van der Waals surface area contributed by atoms with Crippen LogP contribution >= 0.6 is 0 Å². The summed E-state index contributed by atoms with van der Waals surface area (Å²) in [7, 11) is -1.71. The molecule has 0 spiro atoms. The smallest absolute Gasteiger partial charge is 0.402 e. The van der Waals surface area contributed by atoms with Crippen LogP contribution in [0.2, 0.25) is 0 Å². The van der Waals surface area contributed by atoms with E-state index in [1.807, 2.05) is 6.92 Å². The molecule has 0 radical (unpaired) electrons. The molecule has 0 bridgehead atoms. The highest BCUT2D eigenvalue weighted by Gasteiger charge is 2.06. The van der Waals surface area contributed by atoms with E-state index in [2.05, 4.69) is 4.65 Å². The van der Waals surface area contributed by atoms with Crippen molar-refractivity contribution >= 4 is 7.32 Å². The van der Waals surface area contributed by atoms with Crippen LogP contribution in [0.3, 0.4) is 0 Å². The van der Waals surface area contributed by atoms with Gasteiger partial charge in [-0.3, -0.25) is 0 Å². The minimum atomic E-state index is -1.71. The summed E-state index contributed by atoms with van der Waals surface area (Å²) in [6.07, 6.45) is 1.000. The van der Waals surface area contributed by atoms with Crippen molar-refractivity contribution in [3.05, 3.63) is 0 Å². The van der Waals surface area contributed by atoms with E-state index in [-0.39, 0.29) is 6.61 Å². The Morgan fingerprint density at radius 1 is 0.923 bits per heavy atom. The standard InChI is InChI=1S/C7H17BO5/c1-2-3-11-4-5-12-6-7-13-8(9)10/h9-10H,2-7H2,1H3. The van der Waals surface area contributed by atoms with Crippen molar-refractivity contribution in [1.82, 2.24) is 0 Å². The molecule has 78 valence electrons. The first-order valence-electron chi connectivity index (χ1n) is 4.40. The highest BCUT2D eigenvalue weighted by Crippen LogP contribution is 1.83. The van der Waals surface area contributed by atoms with Crippen LogP contribution in [0.1, 0.15) is 13.3 Å². The number of rotatable bonds is 9. The molecule has 0 aromatic rings. The van der Waals surface area contributed by atoms with Crippen molar-refractivity contribution in [2.75, 3.05) is 33.0 Å². The van der Waals surface area contributed by atoms with Gasteiger partial charge in [0.25, 0.3) is 0 Å². The molecule has 0 aromatic carbocycles. The first-order chi connectivity index (χ1) is 6.27. The van der Waals surface area contributed by atoms with Gasteiger partial charge < -0.3 is 24.2 Å². The molecule has 2 N–H and O–H groups in total. The van der Waals surface area contributed by atoms with Gasteiger partial charge in [-0.05, 0) is 6.42 Å². The van der Waals surface area contributed by atoms with Gasteiger partial charge in [0.15, 0.2) is 0 Å². The molecule has 0 aliphatic rings. The topological polar surface area (TPSA) is 68.2 Å². The van der Waals surface area contributed by atoms with Gasteiger partial charge in [0.1, 0.15) is 0 Å². The van der Waals surface area contributed by atoms with E-state index in [1.54, 1.807) is 0 Å². The molecule has 0 fully saturated rings. The van der Waals surface area contributed by atoms with Gasteiger partial charge in [-0.15, -0.1) is 0 Å². The minimum absolute atomic E-state index is 0.172. The van der Waals surface area contributed by atoms with Gasteiger partial charge in [-0.1, -0.05) is 6.92 Å². The van der Waals surface area contributed by atoms with Crippen molar-refractivity contribution in [2.45, 2.75) is 13.3 Å². The van der Waals surface area contributed by atoms with Crippen LogP contribution in [0.5, 0.6) is 0 Å². The van der Waals surface area contributed by atoms with Gasteiger partial charge in [-0.25, -0.2) is 0 Å². The maximum atomic E-state index is 8.28. The molecule has 0 heterocycles. The largest absolute Gasteiger partial charge is 0.633 e. The molecular weight excluding hydrogens is 175 g/mol. The van der Waals surface area contributed by atoms with Crippen molar-refractivity contribution in [1.29, 1.82) is 0 Å². The third-order valence-electron chi connectivity index (χ3n) is 1.22. The lowest BCUT2D eigenvalue weighted by atomic mass is 10.3. The molecule has 0 saturated carbocycles. The fourth-order valence-corrected chi connectivity index (χ4v) is 0.679. The van der Waals surface area contributed by atoms with E-state index in [0.29, 0.717) is 19.8 Å². The second-order valence-corrected chi connectivity index (χ2v) is 2.42. The van der Waals surface area contributed by atoms with Gasteiger partial charge in [0, 0.05) is 6.61 Å². The van der Waals surface area contributed by atoms with Crippen LogP contribution in [0.4, 0.5) is 0 Å². The summed E-state index contributed by atoms with van der Waals surface area (Å²) < 4.78 is 14.6. The Morgan fingerprint density at radius 2 is 1.46 bits per heavy atom. The maximum Gasteiger partial charge on any atom is 0.633 e. The molecule has 0 unspecified atom stereocenters. The Balaban J connectivity index is 2.84. The Labute approximate surface area is 78.8 Å². The van der Waals surface area contributed by atoms with Crippen LogP contribution in [0.15, 0.2) is 0 Å². The maximum absolute atomic E-state index is 8.28. The van der Waals surface area contributed by atoms with Crippen LogP contribution in [0.25, 0.3) is 0 Å². The highest BCUT2D eigenvalue weighted by molar-refractivity contribution is 6.32. The average Bonchev–Trinajstić information content (AvgIpc) is 2.09. The van der Waals surface area contributed by atoms with E-state index in [9.17, 15) is 0 Å². The molecule has 0 saturated heterocycles. The van der Waals surface area contributed by atoms with Crippen LogP contribution in [-0.4, -0.2) is 50.4 Å². The molecule has 5 nitrogen and oxygen atoms in total. The van der Waals surface area contributed by atoms with E-state index in [0.717, 1.165) is 13.0 Å². The Bertz CT molecular complexity index is 101. The summed E-state index contributed by atoms with van der Waals surface area (Å²) in [6.45, 7) is 4.37. The summed E-state index contributed by atoms with van der Waals surface area (Å²) >= 11 is 0. The monoisotopic (exact) mass is 192 g/mol. The highest BCUT2D eigenvalue weighted by atomic mass is 16.6. The molecule has 0 rings (SSSR count). The van der Waals surface area contributed by atoms with Gasteiger partial charge in [0.2, 0.25) is 0 Å². The predicted octanol–water partition coefficient (Wildman–Crippen LogP) is -0.584. The van der Waals surface area contributed by atoms with Crippen molar-refractivity contribution < 1.29 is 24.2 Å². The van der Waals surface area contributed by atoms with E-state index in [4.69, 9.17) is 19.5 Å². The Morgan fingerprint density at radius 3 is 2.00 bits per heavy atom. The average molecular weight is 192 g/mol. The quantitative estimate of drug-likeness (QED) is 0.377. The van der Waals surface area contributed by atoms with Crippen molar-refractivity contribution in [3.63, 3.8) is 0 Å². The third-order valence-corrected chi connectivity index (χ3v) is 1.22. The summed E-state index contributed by atoms with van der Waals surface area (Å²) in [5.41, 5.74) is 0. The Hall–Kier alpha value is -0.135. The zero-order chi connectivity index (χ0) is 9.94. The molecule has 0 aromatic heterocycles. The van der Waals surface area contributed by atoms with Crippen molar-refractivity contribution in [3.8, 4) is 0 Å².